The molecule has 0 aliphatic rings. The first-order chi connectivity index (χ1) is 8.01. The van der Waals surface area contributed by atoms with Crippen LogP contribution in [0.3, 0.4) is 0 Å². The zero-order chi connectivity index (χ0) is 12.5. The Bertz CT molecular complexity index is 515. The van der Waals surface area contributed by atoms with Gasteiger partial charge in [-0.25, -0.2) is 0 Å². The van der Waals surface area contributed by atoms with Crippen LogP contribution in [0, 0.1) is 6.92 Å². The molecule has 2 aromatic carbocycles. The molecule has 2 aromatic rings. The first-order valence-corrected chi connectivity index (χ1v) is 6.35. The topological polar surface area (TPSA) is 0 Å². The molecule has 0 N–H and O–H groups in total. The maximum atomic E-state index is 6.47. The van der Waals surface area contributed by atoms with Gasteiger partial charge in [-0.1, -0.05) is 71.2 Å². The maximum absolute atomic E-state index is 6.47. The van der Waals surface area contributed by atoms with Gasteiger partial charge in [0.15, 0.2) is 4.33 Å². The van der Waals surface area contributed by atoms with Crippen molar-refractivity contribution in [2.45, 2.75) is 11.3 Å². The van der Waals surface area contributed by atoms with Gasteiger partial charge in [-0.05, 0) is 35.7 Å². The van der Waals surface area contributed by atoms with E-state index >= 15 is 0 Å². The number of hydrogen-bond donors (Lipinski definition) is 0. The molecule has 0 nitrogen and oxygen atoms in total. The fourth-order valence-corrected chi connectivity index (χ4v) is 2.54. The van der Waals surface area contributed by atoms with Crippen LogP contribution in [0.5, 0.6) is 0 Å². The largest absolute Gasteiger partial charge is 0.168 e. The van der Waals surface area contributed by atoms with Gasteiger partial charge in [0.2, 0.25) is 0 Å². The van der Waals surface area contributed by atoms with Crippen molar-refractivity contribution < 1.29 is 0 Å². The smallest absolute Gasteiger partial charge is 0.0909 e. The van der Waals surface area contributed by atoms with Gasteiger partial charge < -0.3 is 0 Å². The second-order valence-electron chi connectivity index (χ2n) is 3.90. The zero-order valence-electron chi connectivity index (χ0n) is 9.25. The summed E-state index contributed by atoms with van der Waals surface area (Å²) in [5, 5.41) is 0.669. The van der Waals surface area contributed by atoms with E-state index in [1.807, 2.05) is 43.3 Å². The molecule has 0 aliphatic carbocycles. The molecule has 17 heavy (non-hydrogen) atoms. The number of alkyl halides is 2. The first-order valence-electron chi connectivity index (χ1n) is 5.22. The average molecular weight is 286 g/mol. The molecule has 2 rings (SSSR count). The fraction of sp³-hybridized carbons (Fsp3) is 0.143. The lowest BCUT2D eigenvalue weighted by Crippen LogP contribution is -2.13. The summed E-state index contributed by atoms with van der Waals surface area (Å²) in [4.78, 5) is 0. The predicted octanol–water partition coefficient (Wildman–Crippen LogP) is 5.33. The predicted molar refractivity (Wildman–Crippen MR) is 75.1 cm³/mol. The van der Waals surface area contributed by atoms with Gasteiger partial charge in [0.1, 0.15) is 0 Å². The van der Waals surface area contributed by atoms with Gasteiger partial charge in [0.05, 0.1) is 0 Å². The van der Waals surface area contributed by atoms with Gasteiger partial charge in [-0.15, -0.1) is 0 Å². The molecule has 0 aromatic heterocycles. The van der Waals surface area contributed by atoms with E-state index in [0.29, 0.717) is 5.02 Å². The Labute approximate surface area is 116 Å². The van der Waals surface area contributed by atoms with Crippen molar-refractivity contribution in [3.05, 3.63) is 70.2 Å². The Hall–Kier alpha value is -0.690. The number of aryl methyl sites for hydroxylation is 1. The van der Waals surface area contributed by atoms with E-state index in [9.17, 15) is 0 Å². The highest BCUT2D eigenvalue weighted by Crippen LogP contribution is 2.42. The number of hydrogen-bond acceptors (Lipinski definition) is 0. The van der Waals surface area contributed by atoms with Crippen molar-refractivity contribution in [1.29, 1.82) is 0 Å². The summed E-state index contributed by atoms with van der Waals surface area (Å²) in [6.45, 7) is 1.99. The molecule has 3 heteroatoms. The van der Waals surface area contributed by atoms with Gasteiger partial charge in [0, 0.05) is 5.02 Å². The SMILES string of the molecule is Cc1ccccc1C(Cl)(Cl)c1ccc(Cl)cc1. The van der Waals surface area contributed by atoms with Crippen molar-refractivity contribution in [3.8, 4) is 0 Å². The van der Waals surface area contributed by atoms with Crippen LogP contribution in [-0.4, -0.2) is 0 Å². The molecular weight excluding hydrogens is 275 g/mol. The van der Waals surface area contributed by atoms with Crippen LogP contribution < -0.4 is 0 Å². The van der Waals surface area contributed by atoms with Crippen molar-refractivity contribution in [2.24, 2.45) is 0 Å². The number of halogens is 3. The molecule has 0 aliphatic heterocycles. The number of rotatable bonds is 2. The minimum Gasteiger partial charge on any atom is -0.0909 e. The van der Waals surface area contributed by atoms with Crippen LogP contribution in [0.2, 0.25) is 5.02 Å². The summed E-state index contributed by atoms with van der Waals surface area (Å²) < 4.78 is -1.05. The van der Waals surface area contributed by atoms with Crippen LogP contribution in [0.4, 0.5) is 0 Å². The van der Waals surface area contributed by atoms with Crippen molar-refractivity contribution in [3.63, 3.8) is 0 Å². The summed E-state index contributed by atoms with van der Waals surface area (Å²) >= 11 is 18.8. The fourth-order valence-electron chi connectivity index (χ4n) is 1.74. The molecule has 0 spiro atoms. The summed E-state index contributed by atoms with van der Waals surface area (Å²) in [6, 6.07) is 15.1. The van der Waals surface area contributed by atoms with E-state index in [2.05, 4.69) is 0 Å². The van der Waals surface area contributed by atoms with Crippen molar-refractivity contribution >= 4 is 34.8 Å². The molecule has 0 radical (unpaired) electrons. The lowest BCUT2D eigenvalue weighted by molar-refractivity contribution is 1.02. The highest BCUT2D eigenvalue weighted by molar-refractivity contribution is 6.50. The monoisotopic (exact) mass is 284 g/mol. The highest BCUT2D eigenvalue weighted by Gasteiger charge is 2.30. The third-order valence-corrected chi connectivity index (χ3v) is 3.79. The van der Waals surface area contributed by atoms with Crippen molar-refractivity contribution in [1.82, 2.24) is 0 Å². The lowest BCUT2D eigenvalue weighted by Gasteiger charge is -2.22. The van der Waals surface area contributed by atoms with E-state index in [4.69, 9.17) is 34.8 Å². The molecule has 0 unspecified atom stereocenters. The average Bonchev–Trinajstić information content (AvgIpc) is 2.30. The summed E-state index contributed by atoms with van der Waals surface area (Å²) in [5.41, 5.74) is 2.78. The summed E-state index contributed by atoms with van der Waals surface area (Å²) in [7, 11) is 0. The van der Waals surface area contributed by atoms with E-state index in [1.54, 1.807) is 12.1 Å². The molecular formula is C14H11Cl3. The van der Waals surface area contributed by atoms with Crippen LogP contribution >= 0.6 is 34.8 Å². The summed E-state index contributed by atoms with van der Waals surface area (Å²) in [5.74, 6) is 0. The van der Waals surface area contributed by atoms with E-state index in [-0.39, 0.29) is 0 Å². The van der Waals surface area contributed by atoms with Crippen LogP contribution in [0.25, 0.3) is 0 Å². The number of benzene rings is 2. The normalized spacial score (nSPS) is 11.5. The molecule has 0 atom stereocenters. The zero-order valence-corrected chi connectivity index (χ0v) is 11.5. The second-order valence-corrected chi connectivity index (χ2v) is 5.66. The Morgan fingerprint density at radius 1 is 0.882 bits per heavy atom. The first kappa shape index (κ1) is 12.8. The Morgan fingerprint density at radius 2 is 1.47 bits per heavy atom. The second kappa shape index (κ2) is 4.89. The molecule has 0 saturated carbocycles. The van der Waals surface area contributed by atoms with E-state index in [1.165, 1.54) is 0 Å². The quantitative estimate of drug-likeness (QED) is 0.654. The van der Waals surface area contributed by atoms with Crippen molar-refractivity contribution in [2.75, 3.05) is 0 Å². The van der Waals surface area contributed by atoms with Crippen LogP contribution in [-0.2, 0) is 4.33 Å². The highest BCUT2D eigenvalue weighted by atomic mass is 35.5. The lowest BCUT2D eigenvalue weighted by atomic mass is 9.99. The van der Waals surface area contributed by atoms with E-state index < -0.39 is 4.33 Å². The summed E-state index contributed by atoms with van der Waals surface area (Å²) in [6.07, 6.45) is 0. The Balaban J connectivity index is 2.49. The minimum atomic E-state index is -1.05. The minimum absolute atomic E-state index is 0.669. The van der Waals surface area contributed by atoms with Gasteiger partial charge in [-0.2, -0.15) is 0 Å². The van der Waals surface area contributed by atoms with Crippen LogP contribution in [0.15, 0.2) is 48.5 Å². The molecule has 0 saturated heterocycles. The van der Waals surface area contributed by atoms with Crippen LogP contribution in [0.1, 0.15) is 16.7 Å². The van der Waals surface area contributed by atoms with Gasteiger partial charge >= 0.3 is 0 Å². The third-order valence-electron chi connectivity index (χ3n) is 2.69. The van der Waals surface area contributed by atoms with Gasteiger partial charge in [-0.3, -0.25) is 0 Å². The van der Waals surface area contributed by atoms with E-state index in [0.717, 1.165) is 16.7 Å². The maximum Gasteiger partial charge on any atom is 0.168 e. The third kappa shape index (κ3) is 2.60. The van der Waals surface area contributed by atoms with Gasteiger partial charge in [0.25, 0.3) is 0 Å². The molecule has 0 heterocycles. The molecule has 0 amide bonds. The molecule has 0 fully saturated rings. The molecule has 88 valence electrons. The Kier molecular flexibility index (Phi) is 3.67. The Morgan fingerprint density at radius 3 is 2.06 bits per heavy atom. The molecule has 0 bridgehead atoms. The standard InChI is InChI=1S/C14H11Cl3/c1-10-4-2-3-5-13(10)14(16,17)11-6-8-12(15)9-7-11/h2-9H,1H3.